The summed E-state index contributed by atoms with van der Waals surface area (Å²) in [6, 6.07) is 36.8. The first-order valence-corrected chi connectivity index (χ1v) is 13.1. The van der Waals surface area contributed by atoms with E-state index >= 15 is 0 Å². The molecule has 0 N–H and O–H groups in total. The van der Waals surface area contributed by atoms with E-state index in [0.717, 1.165) is 43.3 Å². The van der Waals surface area contributed by atoms with Crippen molar-refractivity contribution in [3.05, 3.63) is 109 Å². The Balaban J connectivity index is 1.51. The summed E-state index contributed by atoms with van der Waals surface area (Å²) in [6.07, 6.45) is 0. The fourth-order valence-corrected chi connectivity index (χ4v) is 6.14. The highest BCUT2D eigenvalue weighted by molar-refractivity contribution is 7.25. The van der Waals surface area contributed by atoms with Crippen LogP contribution in [-0.4, -0.2) is 29.7 Å². The standard InChI is InChI=1S/C31H18N6S/c1-3-11-19(12-4-1)27-32-28(20-13-5-2-6-14-20)34-31(33-27)37-23-17-9-7-15-21(23)25-26-22-16-8-10-18-24(22)38-30(26)36-35-29(25)37/h1-18H. The fraction of sp³-hybridized carbons (Fsp3) is 0. The molecular formula is C31H18N6S. The molecular weight excluding hydrogens is 488 g/mol. The molecule has 7 heteroatoms. The van der Waals surface area contributed by atoms with Gasteiger partial charge in [-0.25, -0.2) is 4.98 Å². The molecule has 0 aliphatic heterocycles. The summed E-state index contributed by atoms with van der Waals surface area (Å²) in [5.41, 5.74) is 3.55. The van der Waals surface area contributed by atoms with Gasteiger partial charge in [0.1, 0.15) is 4.83 Å². The SMILES string of the molecule is c1ccc(-c2nc(-c3ccccc3)nc(-n3c4ccccc4c4c5c(nnc43)sc3ccccc35)n2)cc1. The predicted octanol–water partition coefficient (Wildman–Crippen LogP) is 7.46. The highest BCUT2D eigenvalue weighted by Gasteiger charge is 2.22. The maximum Gasteiger partial charge on any atom is 0.240 e. The first kappa shape index (κ1) is 21.1. The summed E-state index contributed by atoms with van der Waals surface area (Å²) < 4.78 is 3.21. The van der Waals surface area contributed by atoms with Crippen LogP contribution in [0.15, 0.2) is 109 Å². The van der Waals surface area contributed by atoms with Crippen LogP contribution >= 0.6 is 11.3 Å². The van der Waals surface area contributed by atoms with E-state index in [2.05, 4.69) is 47.6 Å². The first-order chi connectivity index (χ1) is 18.8. The van der Waals surface area contributed by atoms with Crippen LogP contribution in [0.5, 0.6) is 0 Å². The van der Waals surface area contributed by atoms with Gasteiger partial charge in [-0.1, -0.05) is 97.1 Å². The average molecular weight is 507 g/mol. The van der Waals surface area contributed by atoms with Gasteiger partial charge < -0.3 is 0 Å². The van der Waals surface area contributed by atoms with E-state index in [1.807, 2.05) is 71.3 Å². The summed E-state index contributed by atoms with van der Waals surface area (Å²) in [5, 5.41) is 13.9. The second kappa shape index (κ2) is 8.26. The molecule has 8 rings (SSSR count). The summed E-state index contributed by atoms with van der Waals surface area (Å²) in [6.45, 7) is 0. The summed E-state index contributed by atoms with van der Waals surface area (Å²) in [4.78, 5) is 15.7. The molecule has 0 bridgehead atoms. The molecule has 0 amide bonds. The van der Waals surface area contributed by atoms with Crippen LogP contribution < -0.4 is 0 Å². The number of fused-ring (bicyclic) bond motifs is 7. The lowest BCUT2D eigenvalue weighted by Gasteiger charge is -2.10. The molecule has 0 atom stereocenters. The van der Waals surface area contributed by atoms with Crippen molar-refractivity contribution >= 4 is 53.6 Å². The number of hydrogen-bond acceptors (Lipinski definition) is 6. The number of hydrogen-bond donors (Lipinski definition) is 0. The van der Waals surface area contributed by atoms with E-state index in [4.69, 9.17) is 20.1 Å². The quantitative estimate of drug-likeness (QED) is 0.249. The number of rotatable bonds is 3. The lowest BCUT2D eigenvalue weighted by Crippen LogP contribution is -2.07. The molecule has 0 radical (unpaired) electrons. The topological polar surface area (TPSA) is 69.4 Å². The molecule has 0 spiro atoms. The normalized spacial score (nSPS) is 11.7. The van der Waals surface area contributed by atoms with Crippen LogP contribution in [0.2, 0.25) is 0 Å². The van der Waals surface area contributed by atoms with Crippen LogP contribution in [0.1, 0.15) is 0 Å². The van der Waals surface area contributed by atoms with E-state index < -0.39 is 0 Å². The Kier molecular flexibility index (Phi) is 4.59. The third-order valence-electron chi connectivity index (χ3n) is 6.80. The van der Waals surface area contributed by atoms with E-state index in [-0.39, 0.29) is 0 Å². The second-order valence-electron chi connectivity index (χ2n) is 9.04. The number of para-hydroxylation sites is 1. The van der Waals surface area contributed by atoms with Gasteiger partial charge in [-0.05, 0) is 12.1 Å². The second-order valence-corrected chi connectivity index (χ2v) is 10.1. The summed E-state index contributed by atoms with van der Waals surface area (Å²) >= 11 is 1.67. The molecule has 4 heterocycles. The molecule has 0 saturated heterocycles. The molecule has 0 fully saturated rings. The third-order valence-corrected chi connectivity index (χ3v) is 7.85. The van der Waals surface area contributed by atoms with Crippen molar-refractivity contribution in [3.8, 4) is 28.7 Å². The summed E-state index contributed by atoms with van der Waals surface area (Å²) in [5.74, 6) is 1.72. The number of thiophene rings is 1. The number of benzene rings is 4. The molecule has 0 aliphatic rings. The van der Waals surface area contributed by atoms with Crippen LogP contribution in [0.25, 0.3) is 71.0 Å². The Morgan fingerprint density at radius 2 is 1.13 bits per heavy atom. The van der Waals surface area contributed by atoms with Crippen LogP contribution in [0.3, 0.4) is 0 Å². The molecule has 8 aromatic rings. The molecule has 178 valence electrons. The van der Waals surface area contributed by atoms with E-state index in [0.29, 0.717) is 17.6 Å². The molecule has 0 saturated carbocycles. The number of nitrogens with zero attached hydrogens (tertiary/aromatic N) is 6. The molecule has 6 nitrogen and oxygen atoms in total. The van der Waals surface area contributed by atoms with Gasteiger partial charge in [-0.3, -0.25) is 4.57 Å². The Morgan fingerprint density at radius 1 is 0.526 bits per heavy atom. The van der Waals surface area contributed by atoms with Gasteiger partial charge >= 0.3 is 0 Å². The zero-order valence-corrected chi connectivity index (χ0v) is 20.8. The third kappa shape index (κ3) is 3.16. The van der Waals surface area contributed by atoms with Crippen molar-refractivity contribution < 1.29 is 0 Å². The zero-order valence-electron chi connectivity index (χ0n) is 20.0. The lowest BCUT2D eigenvalue weighted by atomic mass is 10.1. The Bertz CT molecular complexity index is 2070. The van der Waals surface area contributed by atoms with Crippen LogP contribution in [0, 0.1) is 0 Å². The van der Waals surface area contributed by atoms with Crippen molar-refractivity contribution in [1.82, 2.24) is 29.7 Å². The molecule has 0 aliphatic carbocycles. The minimum atomic E-state index is 0.511. The van der Waals surface area contributed by atoms with Gasteiger partial charge in [0.2, 0.25) is 5.95 Å². The first-order valence-electron chi connectivity index (χ1n) is 12.3. The maximum absolute atomic E-state index is 4.98. The van der Waals surface area contributed by atoms with Crippen LogP contribution in [-0.2, 0) is 0 Å². The molecule has 0 unspecified atom stereocenters. The molecule has 4 aromatic heterocycles. The predicted molar refractivity (Wildman–Crippen MR) is 154 cm³/mol. The minimum Gasteiger partial charge on any atom is -0.260 e. The lowest BCUT2D eigenvalue weighted by molar-refractivity contribution is 0.932. The van der Waals surface area contributed by atoms with Gasteiger partial charge in [-0.2, -0.15) is 9.97 Å². The molecule has 4 aromatic carbocycles. The summed E-state index contributed by atoms with van der Waals surface area (Å²) in [7, 11) is 0. The van der Waals surface area contributed by atoms with Crippen molar-refractivity contribution in [2.45, 2.75) is 0 Å². The maximum atomic E-state index is 4.98. The fourth-order valence-electron chi connectivity index (χ4n) is 5.10. The van der Waals surface area contributed by atoms with Crippen molar-refractivity contribution in [3.63, 3.8) is 0 Å². The van der Waals surface area contributed by atoms with Crippen molar-refractivity contribution in [2.24, 2.45) is 0 Å². The average Bonchev–Trinajstić information content (AvgIpc) is 3.53. The van der Waals surface area contributed by atoms with Crippen molar-refractivity contribution in [1.29, 1.82) is 0 Å². The van der Waals surface area contributed by atoms with Crippen LogP contribution in [0.4, 0.5) is 0 Å². The monoisotopic (exact) mass is 506 g/mol. The van der Waals surface area contributed by atoms with Gasteiger partial charge in [-0.15, -0.1) is 21.5 Å². The largest absolute Gasteiger partial charge is 0.260 e. The van der Waals surface area contributed by atoms with Gasteiger partial charge in [0, 0.05) is 37.4 Å². The Morgan fingerprint density at radius 3 is 1.84 bits per heavy atom. The highest BCUT2D eigenvalue weighted by Crippen LogP contribution is 2.41. The zero-order chi connectivity index (χ0) is 25.1. The van der Waals surface area contributed by atoms with Gasteiger partial charge in [0.25, 0.3) is 0 Å². The number of aromatic nitrogens is 6. The van der Waals surface area contributed by atoms with Gasteiger partial charge in [0.15, 0.2) is 17.3 Å². The minimum absolute atomic E-state index is 0.511. The van der Waals surface area contributed by atoms with Crippen molar-refractivity contribution in [2.75, 3.05) is 0 Å². The van der Waals surface area contributed by atoms with E-state index in [1.165, 1.54) is 10.1 Å². The smallest absolute Gasteiger partial charge is 0.240 e. The Hall–Kier alpha value is -5.01. The van der Waals surface area contributed by atoms with E-state index in [1.54, 1.807) is 11.3 Å². The highest BCUT2D eigenvalue weighted by atomic mass is 32.1. The Labute approximate surface area is 220 Å². The molecule has 38 heavy (non-hydrogen) atoms. The van der Waals surface area contributed by atoms with E-state index in [9.17, 15) is 0 Å². The van der Waals surface area contributed by atoms with Gasteiger partial charge in [0.05, 0.1) is 5.52 Å².